The van der Waals surface area contributed by atoms with Gasteiger partial charge in [-0.3, -0.25) is 0 Å². The Bertz CT molecular complexity index is 953. The highest BCUT2D eigenvalue weighted by Gasteiger charge is 2.67. The maximum Gasteiger partial charge on any atom is 0.185 e. The van der Waals surface area contributed by atoms with Gasteiger partial charge in [-0.1, -0.05) is 29.7 Å². The minimum atomic E-state index is -1.90. The predicted molar refractivity (Wildman–Crippen MR) is 157 cm³/mol. The van der Waals surface area contributed by atoms with Crippen LogP contribution in [-0.2, 0) is 18.5 Å². The number of allylic oxidation sites excluding steroid dienone is 2. The van der Waals surface area contributed by atoms with Crippen molar-refractivity contribution in [3.05, 3.63) is 11.6 Å². The van der Waals surface area contributed by atoms with Crippen LogP contribution in [0.3, 0.4) is 0 Å². The summed E-state index contributed by atoms with van der Waals surface area (Å²) in [5, 5.41) is 8.98. The van der Waals surface area contributed by atoms with E-state index in [4.69, 9.17) is 18.5 Å². The molecule has 0 spiro atoms. The minimum Gasteiger partial charge on any atom is -0.412 e. The number of fused-ring (bicyclic) bond motifs is 5. The first-order valence-corrected chi connectivity index (χ1v) is 21.3. The molecule has 0 radical (unpaired) electrons. The number of rotatable bonds is 8. The van der Waals surface area contributed by atoms with Crippen LogP contribution in [0.5, 0.6) is 0 Å². The molecule has 3 fully saturated rings. The topological polar surface area (TPSA) is 61.6 Å². The Morgan fingerprint density at radius 1 is 0.892 bits per heavy atom. The number of hydrogen-bond acceptors (Lipinski definition) is 6. The standard InChI is InChI=1S/C29H52N2O4Si2/c1-27-16-13-22(30-32-3)19-21(27)11-12-23-24(27)14-17-28(2)25(23)15-18-29(28,35-37(8,9)10)26(31-33-4)20-34-36(5,6)7/h19,23-25H,11-18,20H2,1-10H3/b30-22+,31-26+/t23?,24?,25?,27-,28-,29-/m0/s1. The van der Waals surface area contributed by atoms with Crippen molar-refractivity contribution in [2.45, 2.75) is 110 Å². The Balaban J connectivity index is 1.71. The molecule has 0 aromatic heterocycles. The summed E-state index contributed by atoms with van der Waals surface area (Å²) in [5.74, 6) is 2.07. The quantitative estimate of drug-likeness (QED) is 0.180. The smallest absolute Gasteiger partial charge is 0.185 e. The minimum absolute atomic E-state index is 0.0313. The Morgan fingerprint density at radius 2 is 1.59 bits per heavy atom. The van der Waals surface area contributed by atoms with E-state index in [1.807, 2.05) is 0 Å². The molecule has 0 saturated heterocycles. The molecule has 8 heteroatoms. The number of hydrogen-bond donors (Lipinski definition) is 0. The van der Waals surface area contributed by atoms with Crippen LogP contribution < -0.4 is 0 Å². The van der Waals surface area contributed by atoms with E-state index in [9.17, 15) is 0 Å². The van der Waals surface area contributed by atoms with Gasteiger partial charge in [0.1, 0.15) is 25.5 Å². The molecule has 0 aliphatic heterocycles. The monoisotopic (exact) mass is 548 g/mol. The lowest BCUT2D eigenvalue weighted by Crippen LogP contribution is -2.62. The fourth-order valence-electron chi connectivity index (χ4n) is 8.59. The molecule has 0 aromatic carbocycles. The maximum atomic E-state index is 7.31. The molecule has 0 N–H and O–H groups in total. The summed E-state index contributed by atoms with van der Waals surface area (Å²) in [6, 6.07) is 0. The van der Waals surface area contributed by atoms with Crippen LogP contribution in [0.25, 0.3) is 0 Å². The summed E-state index contributed by atoms with van der Waals surface area (Å²) in [6.45, 7) is 19.3. The van der Waals surface area contributed by atoms with E-state index in [0.717, 1.165) is 36.1 Å². The molecule has 0 heterocycles. The molecule has 4 rings (SSSR count). The van der Waals surface area contributed by atoms with Crippen molar-refractivity contribution in [2.24, 2.45) is 38.9 Å². The molecular weight excluding hydrogens is 497 g/mol. The number of nitrogens with zero attached hydrogens (tertiary/aromatic N) is 2. The zero-order valence-corrected chi connectivity index (χ0v) is 27.2. The van der Waals surface area contributed by atoms with E-state index >= 15 is 0 Å². The van der Waals surface area contributed by atoms with Gasteiger partial charge in [0, 0.05) is 5.41 Å². The van der Waals surface area contributed by atoms with Crippen LogP contribution in [-0.4, -0.2) is 54.5 Å². The Morgan fingerprint density at radius 3 is 2.22 bits per heavy atom. The fourth-order valence-corrected chi connectivity index (χ4v) is 10.7. The van der Waals surface area contributed by atoms with Crippen LogP contribution in [0.1, 0.15) is 65.2 Å². The van der Waals surface area contributed by atoms with Crippen molar-refractivity contribution >= 4 is 28.1 Å². The fraction of sp³-hybridized carbons (Fsp3) is 0.862. The molecule has 37 heavy (non-hydrogen) atoms. The summed E-state index contributed by atoms with van der Waals surface area (Å²) in [5.41, 5.74) is 3.59. The lowest BCUT2D eigenvalue weighted by molar-refractivity contribution is -0.0896. The second-order valence-corrected chi connectivity index (χ2v) is 23.4. The van der Waals surface area contributed by atoms with Crippen molar-refractivity contribution in [1.29, 1.82) is 0 Å². The molecule has 6 nitrogen and oxygen atoms in total. The van der Waals surface area contributed by atoms with Gasteiger partial charge < -0.3 is 18.5 Å². The van der Waals surface area contributed by atoms with Gasteiger partial charge in [0.25, 0.3) is 0 Å². The predicted octanol–water partition coefficient (Wildman–Crippen LogP) is 7.40. The van der Waals surface area contributed by atoms with Gasteiger partial charge >= 0.3 is 0 Å². The zero-order chi connectivity index (χ0) is 27.3. The second-order valence-electron chi connectivity index (χ2n) is 14.4. The summed E-state index contributed by atoms with van der Waals surface area (Å²) in [6.07, 6.45) is 11.6. The van der Waals surface area contributed by atoms with E-state index in [-0.39, 0.29) is 10.8 Å². The van der Waals surface area contributed by atoms with Crippen molar-refractivity contribution in [2.75, 3.05) is 20.8 Å². The molecule has 0 aromatic rings. The van der Waals surface area contributed by atoms with E-state index < -0.39 is 22.2 Å². The highest BCUT2D eigenvalue weighted by Crippen LogP contribution is 2.68. The highest BCUT2D eigenvalue weighted by atomic mass is 28.4. The van der Waals surface area contributed by atoms with Crippen molar-refractivity contribution in [3.63, 3.8) is 0 Å². The summed E-state index contributed by atoms with van der Waals surface area (Å²) in [4.78, 5) is 10.6. The first kappa shape index (κ1) is 29.0. The zero-order valence-electron chi connectivity index (χ0n) is 25.2. The molecule has 3 saturated carbocycles. The maximum absolute atomic E-state index is 7.31. The third kappa shape index (κ3) is 5.29. The Hall–Kier alpha value is -0.966. The van der Waals surface area contributed by atoms with E-state index in [2.05, 4.69) is 69.5 Å². The third-order valence-corrected chi connectivity index (χ3v) is 12.1. The largest absolute Gasteiger partial charge is 0.412 e. The van der Waals surface area contributed by atoms with Gasteiger partial charge in [0.2, 0.25) is 0 Å². The normalized spacial score (nSPS) is 39.5. The molecule has 4 aliphatic carbocycles. The first-order chi connectivity index (χ1) is 17.2. The Kier molecular flexibility index (Phi) is 8.01. The molecule has 3 unspecified atom stereocenters. The van der Waals surface area contributed by atoms with Crippen molar-refractivity contribution < 1.29 is 18.5 Å². The van der Waals surface area contributed by atoms with E-state index in [1.54, 1.807) is 19.8 Å². The van der Waals surface area contributed by atoms with Crippen molar-refractivity contribution in [1.82, 2.24) is 0 Å². The Labute approximate surface area is 227 Å². The van der Waals surface area contributed by atoms with Gasteiger partial charge in [-0.25, -0.2) is 0 Å². The van der Waals surface area contributed by atoms with Crippen LogP contribution in [0.15, 0.2) is 22.0 Å². The van der Waals surface area contributed by atoms with Crippen LogP contribution >= 0.6 is 0 Å². The lowest BCUT2D eigenvalue weighted by atomic mass is 9.46. The van der Waals surface area contributed by atoms with Gasteiger partial charge in [0.05, 0.1) is 12.3 Å². The molecule has 0 bridgehead atoms. The molecule has 210 valence electrons. The van der Waals surface area contributed by atoms with Crippen LogP contribution in [0.2, 0.25) is 39.3 Å². The van der Waals surface area contributed by atoms with E-state index in [0.29, 0.717) is 12.5 Å². The summed E-state index contributed by atoms with van der Waals surface area (Å²) < 4.78 is 13.8. The first-order valence-electron chi connectivity index (χ1n) is 14.4. The van der Waals surface area contributed by atoms with Gasteiger partial charge in [-0.05, 0) is 120 Å². The molecule has 4 aliphatic rings. The summed E-state index contributed by atoms with van der Waals surface area (Å²) in [7, 11) is -0.311. The average molecular weight is 549 g/mol. The highest BCUT2D eigenvalue weighted by molar-refractivity contribution is 6.70. The molecule has 0 amide bonds. The van der Waals surface area contributed by atoms with Crippen molar-refractivity contribution in [3.8, 4) is 0 Å². The van der Waals surface area contributed by atoms with Gasteiger partial charge in [0.15, 0.2) is 16.6 Å². The van der Waals surface area contributed by atoms with Gasteiger partial charge in [-0.2, -0.15) is 0 Å². The molecule has 6 atom stereocenters. The molecular formula is C29H52N2O4Si2. The van der Waals surface area contributed by atoms with Gasteiger partial charge in [-0.15, -0.1) is 0 Å². The third-order valence-electron chi connectivity index (χ3n) is 10.1. The average Bonchev–Trinajstić information content (AvgIpc) is 3.08. The second kappa shape index (κ2) is 10.2. The van der Waals surface area contributed by atoms with E-state index in [1.165, 1.54) is 38.5 Å². The lowest BCUT2D eigenvalue weighted by Gasteiger charge is -2.60. The SMILES string of the molecule is CO/N=C1/C=C2CCC3C(CC[C@@]4(C)C3CC[C@]4(O[Si](C)(C)C)/C(CO[Si](C)(C)C)=N/OC)[C@@]2(C)CC1. The summed E-state index contributed by atoms with van der Waals surface area (Å²) >= 11 is 0. The van der Waals surface area contributed by atoms with Crippen LogP contribution in [0, 0.1) is 28.6 Å². The van der Waals surface area contributed by atoms with Crippen LogP contribution in [0.4, 0.5) is 0 Å². The number of oxime groups is 2.